The Morgan fingerprint density at radius 3 is 2.14 bits per heavy atom. The van der Waals surface area contributed by atoms with Crippen molar-refractivity contribution in [3.63, 3.8) is 0 Å². The van der Waals surface area contributed by atoms with E-state index in [4.69, 9.17) is 39.5 Å². The number of carbonyl (C=O) groups excluding carboxylic acids is 2. The predicted molar refractivity (Wildman–Crippen MR) is 89.3 cm³/mol. The maximum Gasteiger partial charge on any atom is 0.331 e. The molecule has 1 heterocycles. The van der Waals surface area contributed by atoms with E-state index in [1.54, 1.807) is 0 Å². The minimum absolute atomic E-state index is 0.114. The lowest BCUT2D eigenvalue weighted by atomic mass is 9.90. The minimum Gasteiger partial charge on any atom is -0.467 e. The largest absolute Gasteiger partial charge is 0.467 e. The van der Waals surface area contributed by atoms with Crippen LogP contribution in [0.25, 0.3) is 0 Å². The highest BCUT2D eigenvalue weighted by Gasteiger charge is 2.42. The Morgan fingerprint density at radius 2 is 1.68 bits per heavy atom. The maximum absolute atomic E-state index is 12.5. The Labute approximate surface area is 148 Å². The molecule has 8 heteroatoms. The van der Waals surface area contributed by atoms with Gasteiger partial charge in [-0.25, -0.2) is 4.79 Å². The van der Waals surface area contributed by atoms with Gasteiger partial charge in [0, 0.05) is 0 Å². The average molecular weight is 385 g/mol. The molecule has 1 aromatic rings. The molecule has 0 radical (unpaired) electrons. The van der Waals surface area contributed by atoms with Gasteiger partial charge in [0.1, 0.15) is 14.8 Å². The molecule has 4 nitrogen and oxygen atoms in total. The van der Waals surface area contributed by atoms with Crippen molar-refractivity contribution < 1.29 is 14.3 Å². The zero-order chi connectivity index (χ0) is 16.3. The van der Waals surface area contributed by atoms with E-state index in [1.165, 1.54) is 7.11 Å². The van der Waals surface area contributed by atoms with Crippen LogP contribution >= 0.6 is 46.1 Å². The van der Waals surface area contributed by atoms with E-state index in [1.807, 2.05) is 0 Å². The molecule has 0 unspecified atom stereocenters. The van der Waals surface area contributed by atoms with E-state index >= 15 is 0 Å². The van der Waals surface area contributed by atoms with Crippen LogP contribution in [0.1, 0.15) is 48.2 Å². The molecule has 0 aromatic carbocycles. The number of amides is 1. The molecule has 1 aliphatic rings. The fourth-order valence-electron chi connectivity index (χ4n) is 2.69. The number of esters is 1. The first kappa shape index (κ1) is 17.9. The number of methoxy groups -OCH3 is 1. The SMILES string of the molecule is COC(=O)C1(NC(=O)c2sc(Cl)c(Cl)c2Cl)CCCCCC1. The highest BCUT2D eigenvalue weighted by atomic mass is 35.5. The number of ether oxygens (including phenoxy) is 1. The van der Waals surface area contributed by atoms with E-state index in [0.717, 1.165) is 37.0 Å². The van der Waals surface area contributed by atoms with Gasteiger partial charge in [0.05, 0.1) is 17.2 Å². The summed E-state index contributed by atoms with van der Waals surface area (Å²) in [5.41, 5.74) is -1.01. The molecule has 2 rings (SSSR count). The normalized spacial score (nSPS) is 17.6. The molecule has 122 valence electrons. The summed E-state index contributed by atoms with van der Waals surface area (Å²) in [5, 5.41) is 3.09. The topological polar surface area (TPSA) is 55.4 Å². The van der Waals surface area contributed by atoms with Crippen molar-refractivity contribution in [2.24, 2.45) is 0 Å². The van der Waals surface area contributed by atoms with E-state index < -0.39 is 17.4 Å². The second-order valence-corrected chi connectivity index (χ2v) is 7.65. The second-order valence-electron chi connectivity index (χ2n) is 5.27. The Hall–Kier alpha value is -0.490. The lowest BCUT2D eigenvalue weighted by Gasteiger charge is -2.30. The standard InChI is InChI=1S/C14H16Cl3NO3S/c1-21-13(20)14(6-4-2-3-5-7-14)18-12(19)10-8(15)9(16)11(17)22-10/h2-7H2,1H3,(H,18,19). The van der Waals surface area contributed by atoms with Crippen molar-refractivity contribution in [3.05, 3.63) is 19.3 Å². The van der Waals surface area contributed by atoms with Gasteiger partial charge in [-0.1, -0.05) is 60.5 Å². The van der Waals surface area contributed by atoms with Crippen LogP contribution in [0.4, 0.5) is 0 Å². The van der Waals surface area contributed by atoms with Crippen LogP contribution < -0.4 is 5.32 Å². The van der Waals surface area contributed by atoms with Gasteiger partial charge in [0.25, 0.3) is 5.91 Å². The molecule has 1 saturated carbocycles. The molecule has 1 amide bonds. The number of hydrogen-bond donors (Lipinski definition) is 1. The zero-order valence-electron chi connectivity index (χ0n) is 12.0. The highest BCUT2D eigenvalue weighted by Crippen LogP contribution is 2.40. The van der Waals surface area contributed by atoms with Gasteiger partial charge in [0.15, 0.2) is 0 Å². The van der Waals surface area contributed by atoms with E-state index in [0.29, 0.717) is 12.8 Å². The highest BCUT2D eigenvalue weighted by molar-refractivity contribution is 7.19. The molecule has 0 atom stereocenters. The number of carbonyl (C=O) groups is 2. The zero-order valence-corrected chi connectivity index (χ0v) is 15.1. The number of halogens is 3. The molecule has 0 saturated heterocycles. The predicted octanol–water partition coefficient (Wildman–Crippen LogP) is 4.70. The van der Waals surface area contributed by atoms with Gasteiger partial charge in [-0.15, -0.1) is 11.3 Å². The Bertz CT molecular complexity index is 580. The smallest absolute Gasteiger partial charge is 0.331 e. The first-order valence-corrected chi connectivity index (χ1v) is 8.90. The number of hydrogen-bond acceptors (Lipinski definition) is 4. The van der Waals surface area contributed by atoms with Gasteiger partial charge in [-0.2, -0.15) is 0 Å². The van der Waals surface area contributed by atoms with Gasteiger partial charge >= 0.3 is 5.97 Å². The molecule has 0 spiro atoms. The van der Waals surface area contributed by atoms with Gasteiger partial charge < -0.3 is 10.1 Å². The summed E-state index contributed by atoms with van der Waals surface area (Å²) < 4.78 is 5.16. The van der Waals surface area contributed by atoms with Crippen LogP contribution in [0.5, 0.6) is 0 Å². The first-order chi connectivity index (χ1) is 10.4. The maximum atomic E-state index is 12.5. The quantitative estimate of drug-likeness (QED) is 0.607. The number of rotatable bonds is 3. The van der Waals surface area contributed by atoms with Crippen LogP contribution in [0.15, 0.2) is 0 Å². The third-order valence-corrected chi connectivity index (χ3v) is 6.42. The van der Waals surface area contributed by atoms with Crippen molar-refractivity contribution >= 4 is 58.0 Å². The Kier molecular flexibility index (Phi) is 6.00. The molecule has 1 N–H and O–H groups in total. The summed E-state index contributed by atoms with van der Waals surface area (Å²) in [4.78, 5) is 25.0. The summed E-state index contributed by atoms with van der Waals surface area (Å²) >= 11 is 18.8. The lowest BCUT2D eigenvalue weighted by molar-refractivity contribution is -0.148. The summed E-state index contributed by atoms with van der Waals surface area (Å²) in [7, 11) is 1.33. The number of thiophene rings is 1. The lowest BCUT2D eigenvalue weighted by Crippen LogP contribution is -2.54. The van der Waals surface area contributed by atoms with Gasteiger partial charge in [0.2, 0.25) is 0 Å². The van der Waals surface area contributed by atoms with Gasteiger partial charge in [-0.05, 0) is 12.8 Å². The summed E-state index contributed by atoms with van der Waals surface area (Å²) in [6.45, 7) is 0. The van der Waals surface area contributed by atoms with E-state index in [-0.39, 0.29) is 19.3 Å². The third kappa shape index (κ3) is 3.53. The Balaban J connectivity index is 2.28. The van der Waals surface area contributed by atoms with Crippen LogP contribution in [0.2, 0.25) is 14.4 Å². The van der Waals surface area contributed by atoms with Crippen molar-refractivity contribution in [1.29, 1.82) is 0 Å². The Morgan fingerprint density at radius 1 is 1.09 bits per heavy atom. The van der Waals surface area contributed by atoms with E-state index in [2.05, 4.69) is 5.32 Å². The van der Waals surface area contributed by atoms with Crippen molar-refractivity contribution in [2.75, 3.05) is 7.11 Å². The minimum atomic E-state index is -1.01. The molecule has 1 aliphatic carbocycles. The molecular weight excluding hydrogens is 369 g/mol. The summed E-state index contributed by atoms with van der Waals surface area (Å²) in [5.74, 6) is -0.872. The average Bonchev–Trinajstić information content (AvgIpc) is 2.71. The third-order valence-electron chi connectivity index (χ3n) is 3.85. The second kappa shape index (κ2) is 7.39. The molecular formula is C14H16Cl3NO3S. The van der Waals surface area contributed by atoms with Crippen molar-refractivity contribution in [1.82, 2.24) is 5.32 Å². The van der Waals surface area contributed by atoms with Gasteiger partial charge in [-0.3, -0.25) is 4.79 Å². The van der Waals surface area contributed by atoms with Crippen LogP contribution in [0.3, 0.4) is 0 Å². The fraction of sp³-hybridized carbons (Fsp3) is 0.571. The van der Waals surface area contributed by atoms with Crippen LogP contribution in [-0.4, -0.2) is 24.5 Å². The molecule has 0 aliphatic heterocycles. The fourth-order valence-corrected chi connectivity index (χ4v) is 4.39. The molecule has 22 heavy (non-hydrogen) atoms. The first-order valence-electron chi connectivity index (χ1n) is 6.95. The molecule has 0 bridgehead atoms. The molecule has 1 fully saturated rings. The van der Waals surface area contributed by atoms with Crippen molar-refractivity contribution in [2.45, 2.75) is 44.1 Å². The van der Waals surface area contributed by atoms with E-state index in [9.17, 15) is 9.59 Å². The van der Waals surface area contributed by atoms with Crippen LogP contribution in [0, 0.1) is 0 Å². The molecule has 1 aromatic heterocycles. The van der Waals surface area contributed by atoms with Crippen LogP contribution in [-0.2, 0) is 9.53 Å². The summed E-state index contributed by atoms with van der Waals surface area (Å²) in [6, 6.07) is 0. The number of nitrogens with one attached hydrogen (secondary N) is 1. The van der Waals surface area contributed by atoms with Crippen molar-refractivity contribution in [3.8, 4) is 0 Å². The monoisotopic (exact) mass is 383 g/mol. The summed E-state index contributed by atoms with van der Waals surface area (Å²) in [6.07, 6.45) is 4.88.